The number of hydrogen-bond donors (Lipinski definition) is 0. The van der Waals surface area contributed by atoms with Crippen molar-refractivity contribution < 1.29 is 19.1 Å². The molecule has 0 saturated carbocycles. The Morgan fingerprint density at radius 2 is 2.07 bits per heavy atom. The van der Waals surface area contributed by atoms with Gasteiger partial charge in [-0.3, -0.25) is 0 Å². The number of rotatable bonds is 3. The van der Waals surface area contributed by atoms with E-state index in [0.717, 1.165) is 0 Å². The van der Waals surface area contributed by atoms with E-state index in [9.17, 15) is 9.59 Å². The lowest BCUT2D eigenvalue weighted by Crippen LogP contribution is -2.47. The molecular weight excluding hydrogens is 202 g/mol. The molecule has 0 aliphatic carbocycles. The highest BCUT2D eigenvalue weighted by Gasteiger charge is 2.50. The molecule has 7 nitrogen and oxygen atoms in total. The highest BCUT2D eigenvalue weighted by atomic mass is 16.5. The standard InChI is InChI=1S/C8H10N3O4/c1-4-8(7(13)15-3)5(6(12)14-2)9-11-10-8/h1,4H2,2-3H3. The minimum Gasteiger partial charge on any atom is -0.467 e. The molecule has 15 heavy (non-hydrogen) atoms. The van der Waals surface area contributed by atoms with Crippen molar-refractivity contribution in [2.75, 3.05) is 14.2 Å². The predicted octanol–water partition coefficient (Wildman–Crippen LogP) is 0.117. The Morgan fingerprint density at radius 1 is 1.40 bits per heavy atom. The van der Waals surface area contributed by atoms with Gasteiger partial charge in [0.25, 0.3) is 0 Å². The van der Waals surface area contributed by atoms with Gasteiger partial charge in [-0.15, -0.1) is 10.2 Å². The summed E-state index contributed by atoms with van der Waals surface area (Å²) >= 11 is 0. The monoisotopic (exact) mass is 212 g/mol. The third kappa shape index (κ3) is 1.60. The molecule has 0 N–H and O–H groups in total. The average Bonchev–Trinajstić information content (AvgIpc) is 2.71. The number of methoxy groups -OCH3 is 2. The summed E-state index contributed by atoms with van der Waals surface area (Å²) in [6.45, 7) is 3.53. The molecule has 0 aromatic rings. The molecule has 1 atom stereocenters. The maximum Gasteiger partial charge on any atom is 0.357 e. The predicted molar refractivity (Wildman–Crippen MR) is 49.0 cm³/mol. The molecule has 0 aromatic carbocycles. The number of esters is 2. The quantitative estimate of drug-likeness (QED) is 0.621. The van der Waals surface area contributed by atoms with Crippen LogP contribution in [0.1, 0.15) is 6.42 Å². The van der Waals surface area contributed by atoms with Gasteiger partial charge in [-0.1, -0.05) is 0 Å². The van der Waals surface area contributed by atoms with Gasteiger partial charge in [0.2, 0.25) is 5.54 Å². The first-order valence-electron chi connectivity index (χ1n) is 4.08. The van der Waals surface area contributed by atoms with Gasteiger partial charge in [0.1, 0.15) is 0 Å². The molecule has 1 aliphatic heterocycles. The minimum absolute atomic E-state index is 0.0168. The van der Waals surface area contributed by atoms with Crippen LogP contribution in [0.2, 0.25) is 0 Å². The van der Waals surface area contributed by atoms with Crippen LogP contribution in [0.3, 0.4) is 0 Å². The van der Waals surface area contributed by atoms with Crippen LogP contribution in [-0.4, -0.2) is 37.4 Å². The summed E-state index contributed by atoms with van der Waals surface area (Å²) < 4.78 is 8.99. The van der Waals surface area contributed by atoms with Gasteiger partial charge in [-0.25, -0.2) is 9.59 Å². The van der Waals surface area contributed by atoms with Crippen LogP contribution >= 0.6 is 0 Å². The van der Waals surface area contributed by atoms with Crippen molar-refractivity contribution in [2.45, 2.75) is 12.0 Å². The van der Waals surface area contributed by atoms with E-state index in [2.05, 4.69) is 31.8 Å². The summed E-state index contributed by atoms with van der Waals surface area (Å²) in [5, 5.41) is 10.3. The Kier molecular flexibility index (Phi) is 3.13. The van der Waals surface area contributed by atoms with Crippen molar-refractivity contribution in [1.29, 1.82) is 0 Å². The molecule has 0 saturated heterocycles. The van der Waals surface area contributed by atoms with Crippen LogP contribution in [0.4, 0.5) is 0 Å². The van der Waals surface area contributed by atoms with E-state index in [1.54, 1.807) is 0 Å². The SMILES string of the molecule is [CH2]CC1(C(=O)OC)N=NN=C1C(=O)OC. The Balaban J connectivity index is 3.10. The zero-order valence-corrected chi connectivity index (χ0v) is 8.39. The molecule has 0 aromatic heterocycles. The molecule has 1 rings (SSSR count). The fourth-order valence-electron chi connectivity index (χ4n) is 1.16. The molecule has 0 spiro atoms. The first-order valence-corrected chi connectivity index (χ1v) is 4.08. The lowest BCUT2D eigenvalue weighted by molar-refractivity contribution is -0.145. The highest BCUT2D eigenvalue weighted by Crippen LogP contribution is 2.26. The number of carbonyl (C=O) groups is 2. The molecule has 1 radical (unpaired) electrons. The summed E-state index contributed by atoms with van der Waals surface area (Å²) in [7, 11) is 2.36. The van der Waals surface area contributed by atoms with Crippen molar-refractivity contribution in [1.82, 2.24) is 0 Å². The Morgan fingerprint density at radius 3 is 2.53 bits per heavy atom. The summed E-state index contributed by atoms with van der Waals surface area (Å²) in [5.41, 5.74) is -1.76. The number of carbonyl (C=O) groups excluding carboxylic acids is 2. The summed E-state index contributed by atoms with van der Waals surface area (Å²) in [6.07, 6.45) is -0.0168. The molecule has 7 heteroatoms. The second-order valence-electron chi connectivity index (χ2n) is 2.73. The molecule has 0 fully saturated rings. The van der Waals surface area contributed by atoms with Crippen LogP contribution in [-0.2, 0) is 19.1 Å². The molecule has 81 valence electrons. The van der Waals surface area contributed by atoms with Crippen molar-refractivity contribution in [3.05, 3.63) is 6.92 Å². The van der Waals surface area contributed by atoms with Crippen LogP contribution in [0.25, 0.3) is 0 Å². The van der Waals surface area contributed by atoms with Crippen LogP contribution in [0, 0.1) is 6.92 Å². The van der Waals surface area contributed by atoms with Gasteiger partial charge in [0, 0.05) is 0 Å². The second kappa shape index (κ2) is 4.16. The van der Waals surface area contributed by atoms with Gasteiger partial charge in [0.15, 0.2) is 5.71 Å². The van der Waals surface area contributed by atoms with Crippen molar-refractivity contribution in [2.24, 2.45) is 15.4 Å². The largest absolute Gasteiger partial charge is 0.467 e. The van der Waals surface area contributed by atoms with Gasteiger partial charge >= 0.3 is 11.9 Å². The zero-order valence-electron chi connectivity index (χ0n) is 8.39. The number of ether oxygens (including phenoxy) is 2. The summed E-state index contributed by atoms with van der Waals surface area (Å²) in [4.78, 5) is 22.8. The smallest absolute Gasteiger partial charge is 0.357 e. The first-order chi connectivity index (χ1) is 7.12. The van der Waals surface area contributed by atoms with E-state index in [0.29, 0.717) is 0 Å². The van der Waals surface area contributed by atoms with E-state index < -0.39 is 17.5 Å². The van der Waals surface area contributed by atoms with Crippen LogP contribution in [0.15, 0.2) is 15.4 Å². The molecule has 1 aliphatic rings. The summed E-state index contributed by atoms with van der Waals surface area (Å²) in [5.74, 6) is -1.50. The van der Waals surface area contributed by atoms with Gasteiger partial charge in [0.05, 0.1) is 14.2 Å². The van der Waals surface area contributed by atoms with E-state index in [4.69, 9.17) is 0 Å². The van der Waals surface area contributed by atoms with Crippen molar-refractivity contribution in [3.8, 4) is 0 Å². The second-order valence-corrected chi connectivity index (χ2v) is 2.73. The van der Waals surface area contributed by atoms with Crippen molar-refractivity contribution in [3.63, 3.8) is 0 Å². The lowest BCUT2D eigenvalue weighted by atomic mass is 9.91. The third-order valence-electron chi connectivity index (χ3n) is 2.02. The molecule has 1 unspecified atom stereocenters. The minimum atomic E-state index is -1.55. The van der Waals surface area contributed by atoms with E-state index in [1.807, 2.05) is 0 Å². The van der Waals surface area contributed by atoms with Gasteiger partial charge in [-0.05, 0) is 18.6 Å². The van der Waals surface area contributed by atoms with Gasteiger partial charge in [-0.2, -0.15) is 0 Å². The maximum absolute atomic E-state index is 11.5. The first kappa shape index (κ1) is 11.3. The third-order valence-corrected chi connectivity index (χ3v) is 2.02. The van der Waals surface area contributed by atoms with Gasteiger partial charge < -0.3 is 9.47 Å². The topological polar surface area (TPSA) is 89.7 Å². The zero-order chi connectivity index (χ0) is 11.5. The average molecular weight is 212 g/mol. The van der Waals surface area contributed by atoms with Crippen molar-refractivity contribution >= 4 is 17.7 Å². The maximum atomic E-state index is 11.5. The lowest BCUT2D eigenvalue weighted by Gasteiger charge is -2.19. The highest BCUT2D eigenvalue weighted by molar-refractivity contribution is 6.44. The Labute approximate surface area is 86.2 Å². The van der Waals surface area contributed by atoms with E-state index >= 15 is 0 Å². The molecule has 0 amide bonds. The molecule has 1 heterocycles. The summed E-state index contributed by atoms with van der Waals surface area (Å²) in [6, 6.07) is 0. The number of hydrogen-bond acceptors (Lipinski definition) is 7. The fourth-order valence-corrected chi connectivity index (χ4v) is 1.16. The van der Waals surface area contributed by atoms with Crippen LogP contribution < -0.4 is 0 Å². The molecule has 0 bridgehead atoms. The Bertz CT molecular complexity index is 350. The molecular formula is C8H10N3O4. The van der Waals surface area contributed by atoms with E-state index in [1.165, 1.54) is 14.2 Å². The van der Waals surface area contributed by atoms with Crippen LogP contribution in [0.5, 0.6) is 0 Å². The normalized spacial score (nSPS) is 23.5. The fraction of sp³-hybridized carbons (Fsp3) is 0.500. The number of nitrogens with zero attached hydrogens (tertiary/aromatic N) is 3. The Hall–Kier alpha value is -1.79. The van der Waals surface area contributed by atoms with E-state index in [-0.39, 0.29) is 12.1 Å².